The Morgan fingerprint density at radius 3 is 2.20 bits per heavy atom. The Labute approximate surface area is 166 Å². The van der Waals surface area contributed by atoms with Crippen molar-refractivity contribution >= 4 is 22.6 Å². The van der Waals surface area contributed by atoms with Crippen molar-refractivity contribution in [2.45, 2.75) is 6.92 Å². The number of aromatic amines is 1. The van der Waals surface area contributed by atoms with Gasteiger partial charge < -0.3 is 10.3 Å². The molecule has 0 aliphatic heterocycles. The van der Waals surface area contributed by atoms with Gasteiger partial charge in [0.15, 0.2) is 23.3 Å². The number of rotatable bonds is 3. The van der Waals surface area contributed by atoms with Crippen molar-refractivity contribution in [1.82, 2.24) is 9.97 Å². The average molecular weight is 417 g/mol. The fourth-order valence-corrected chi connectivity index (χ4v) is 2.98. The number of aryl methyl sites for hydroxylation is 1. The number of nitrogens with zero attached hydrogens (tertiary/aromatic N) is 1. The van der Waals surface area contributed by atoms with Gasteiger partial charge in [-0.05, 0) is 30.7 Å². The summed E-state index contributed by atoms with van der Waals surface area (Å²) in [6, 6.07) is 12.1. The zero-order valence-corrected chi connectivity index (χ0v) is 15.3. The molecule has 9 heteroatoms. The number of benzene rings is 3. The molecule has 0 unspecified atom stereocenters. The molecule has 0 aliphatic rings. The first-order chi connectivity index (χ1) is 14.3. The van der Waals surface area contributed by atoms with Crippen LogP contribution in [0.2, 0.25) is 0 Å². The Morgan fingerprint density at radius 1 is 0.900 bits per heavy atom. The number of carbonyl (C=O) groups excluding carboxylic acids is 1. The van der Waals surface area contributed by atoms with Gasteiger partial charge in [0.1, 0.15) is 11.4 Å². The van der Waals surface area contributed by atoms with Crippen LogP contribution in [0.1, 0.15) is 15.9 Å². The lowest BCUT2D eigenvalue weighted by Gasteiger charge is -2.12. The number of hydrogen-bond acceptors (Lipinski definition) is 2. The Kier molecular flexibility index (Phi) is 4.73. The Bertz CT molecular complexity index is 1250. The van der Waals surface area contributed by atoms with Gasteiger partial charge in [-0.15, -0.1) is 0 Å². The molecule has 152 valence electrons. The van der Waals surface area contributed by atoms with Gasteiger partial charge in [0.2, 0.25) is 5.82 Å². The van der Waals surface area contributed by atoms with Gasteiger partial charge in [-0.25, -0.2) is 26.9 Å². The maximum atomic E-state index is 13.9. The van der Waals surface area contributed by atoms with Crippen LogP contribution in [0.4, 0.5) is 27.6 Å². The van der Waals surface area contributed by atoms with Gasteiger partial charge in [-0.2, -0.15) is 0 Å². The number of carbonyl (C=O) groups is 1. The van der Waals surface area contributed by atoms with E-state index < -0.39 is 40.6 Å². The molecule has 0 bridgehead atoms. The van der Waals surface area contributed by atoms with E-state index in [-0.39, 0.29) is 5.69 Å². The third-order valence-corrected chi connectivity index (χ3v) is 4.59. The van der Waals surface area contributed by atoms with Crippen molar-refractivity contribution in [2.24, 2.45) is 0 Å². The van der Waals surface area contributed by atoms with Crippen molar-refractivity contribution in [1.29, 1.82) is 0 Å². The van der Waals surface area contributed by atoms with E-state index in [4.69, 9.17) is 0 Å². The number of hydrogen-bond donors (Lipinski definition) is 2. The molecule has 0 radical (unpaired) electrons. The van der Waals surface area contributed by atoms with Crippen molar-refractivity contribution in [2.75, 3.05) is 5.32 Å². The van der Waals surface area contributed by atoms with E-state index in [9.17, 15) is 26.7 Å². The van der Waals surface area contributed by atoms with Crippen molar-refractivity contribution in [3.8, 4) is 11.4 Å². The normalized spacial score (nSPS) is 11.1. The highest BCUT2D eigenvalue weighted by Crippen LogP contribution is 2.28. The summed E-state index contributed by atoms with van der Waals surface area (Å²) >= 11 is 0. The standard InChI is InChI=1S/C21H12F5N3O/c1-9-6-7-10(20-27-11-4-2-3-5-12(11)28-20)8-13(9)29-21(30)14-15(22)17(24)19(26)18(25)16(14)23/h2-8H,1H3,(H,27,28)(H,29,30). The lowest BCUT2D eigenvalue weighted by atomic mass is 10.1. The number of H-pyrrole nitrogens is 1. The highest BCUT2D eigenvalue weighted by atomic mass is 19.2. The van der Waals surface area contributed by atoms with Gasteiger partial charge in [-0.1, -0.05) is 24.3 Å². The number of anilines is 1. The lowest BCUT2D eigenvalue weighted by Crippen LogP contribution is -2.19. The van der Waals surface area contributed by atoms with Crippen LogP contribution < -0.4 is 5.32 Å². The summed E-state index contributed by atoms with van der Waals surface area (Å²) in [6.45, 7) is 1.61. The number of amides is 1. The number of nitrogens with one attached hydrogen (secondary N) is 2. The summed E-state index contributed by atoms with van der Waals surface area (Å²) in [5, 5.41) is 2.21. The molecular weight excluding hydrogens is 405 g/mol. The molecule has 4 aromatic rings. The van der Waals surface area contributed by atoms with E-state index in [2.05, 4.69) is 15.3 Å². The van der Waals surface area contributed by atoms with Crippen LogP contribution in [0.5, 0.6) is 0 Å². The van der Waals surface area contributed by atoms with Gasteiger partial charge in [0.25, 0.3) is 5.91 Å². The van der Waals surface area contributed by atoms with E-state index >= 15 is 0 Å². The minimum absolute atomic E-state index is 0.127. The maximum absolute atomic E-state index is 13.9. The average Bonchev–Trinajstić information content (AvgIpc) is 3.17. The summed E-state index contributed by atoms with van der Waals surface area (Å²) < 4.78 is 67.9. The van der Waals surface area contributed by atoms with Crippen LogP contribution in [0, 0.1) is 36.0 Å². The highest BCUT2D eigenvalue weighted by Gasteiger charge is 2.30. The SMILES string of the molecule is Cc1ccc(-c2nc3ccccc3[nH]2)cc1NC(=O)c1c(F)c(F)c(F)c(F)c1F. The molecule has 30 heavy (non-hydrogen) atoms. The fourth-order valence-electron chi connectivity index (χ4n) is 2.98. The van der Waals surface area contributed by atoms with Crippen LogP contribution in [-0.2, 0) is 0 Å². The smallest absolute Gasteiger partial charge is 0.261 e. The number of aromatic nitrogens is 2. The fraction of sp³-hybridized carbons (Fsp3) is 0.0476. The second-order valence-corrected chi connectivity index (χ2v) is 6.53. The second kappa shape index (κ2) is 7.25. The minimum atomic E-state index is -2.33. The molecule has 1 heterocycles. The summed E-state index contributed by atoms with van der Waals surface area (Å²) in [5.74, 6) is -12.1. The predicted octanol–water partition coefficient (Wildman–Crippen LogP) is 5.49. The highest BCUT2D eigenvalue weighted by molar-refractivity contribution is 6.05. The molecule has 0 fully saturated rings. The van der Waals surface area contributed by atoms with Crippen molar-refractivity contribution in [3.63, 3.8) is 0 Å². The molecule has 0 aliphatic carbocycles. The number of fused-ring (bicyclic) bond motifs is 1. The van der Waals surface area contributed by atoms with Gasteiger partial charge >= 0.3 is 0 Å². The van der Waals surface area contributed by atoms with Gasteiger partial charge in [0, 0.05) is 11.3 Å². The molecule has 0 saturated carbocycles. The maximum Gasteiger partial charge on any atom is 0.261 e. The van der Waals surface area contributed by atoms with E-state index in [1.54, 1.807) is 25.1 Å². The monoisotopic (exact) mass is 417 g/mol. The molecule has 1 aromatic heterocycles. The van der Waals surface area contributed by atoms with Gasteiger partial charge in [-0.3, -0.25) is 4.79 Å². The number of para-hydroxylation sites is 2. The van der Waals surface area contributed by atoms with Crippen LogP contribution in [-0.4, -0.2) is 15.9 Å². The molecule has 3 aromatic carbocycles. The summed E-state index contributed by atoms with van der Waals surface area (Å²) in [7, 11) is 0. The first-order valence-electron chi connectivity index (χ1n) is 8.66. The van der Waals surface area contributed by atoms with E-state index in [1.165, 1.54) is 6.07 Å². The molecule has 0 atom stereocenters. The zero-order chi connectivity index (χ0) is 21.6. The van der Waals surface area contributed by atoms with E-state index in [0.29, 0.717) is 22.5 Å². The predicted molar refractivity (Wildman–Crippen MR) is 100 cm³/mol. The minimum Gasteiger partial charge on any atom is -0.338 e. The molecule has 1 amide bonds. The van der Waals surface area contributed by atoms with Crippen LogP contribution in [0.3, 0.4) is 0 Å². The van der Waals surface area contributed by atoms with Crippen LogP contribution >= 0.6 is 0 Å². The Morgan fingerprint density at radius 2 is 1.53 bits per heavy atom. The molecular formula is C21H12F5N3O. The molecule has 0 saturated heterocycles. The lowest BCUT2D eigenvalue weighted by molar-refractivity contribution is 0.101. The second-order valence-electron chi connectivity index (χ2n) is 6.53. The number of imidazole rings is 1. The summed E-state index contributed by atoms with van der Waals surface area (Å²) in [5.41, 5.74) is 1.11. The van der Waals surface area contributed by atoms with Crippen molar-refractivity contribution in [3.05, 3.63) is 82.7 Å². The first kappa shape index (κ1) is 19.6. The zero-order valence-electron chi connectivity index (χ0n) is 15.3. The molecule has 4 nitrogen and oxygen atoms in total. The molecule has 0 spiro atoms. The topological polar surface area (TPSA) is 57.8 Å². The van der Waals surface area contributed by atoms with Crippen molar-refractivity contribution < 1.29 is 26.7 Å². The van der Waals surface area contributed by atoms with Gasteiger partial charge in [0.05, 0.1) is 11.0 Å². The van der Waals surface area contributed by atoms with Crippen LogP contribution in [0.15, 0.2) is 42.5 Å². The molecule has 4 rings (SSSR count). The summed E-state index contributed by atoms with van der Waals surface area (Å²) in [4.78, 5) is 19.9. The molecule has 2 N–H and O–H groups in total. The summed E-state index contributed by atoms with van der Waals surface area (Å²) in [6.07, 6.45) is 0. The first-order valence-corrected chi connectivity index (χ1v) is 8.66. The van der Waals surface area contributed by atoms with Crippen LogP contribution in [0.25, 0.3) is 22.4 Å². The Balaban J connectivity index is 1.72. The largest absolute Gasteiger partial charge is 0.338 e. The number of halogens is 5. The Hall–Kier alpha value is -3.75. The third-order valence-electron chi connectivity index (χ3n) is 4.59. The van der Waals surface area contributed by atoms with E-state index in [1.807, 2.05) is 18.2 Å². The quantitative estimate of drug-likeness (QED) is 0.263. The third kappa shape index (κ3) is 3.18. The van der Waals surface area contributed by atoms with E-state index in [0.717, 1.165) is 5.52 Å².